The second-order valence-electron chi connectivity index (χ2n) is 11.0. The molecule has 4 rings (SSSR count). The van der Waals surface area contributed by atoms with Crippen LogP contribution in [0.25, 0.3) is 0 Å². The number of nitrogens with two attached hydrogens (primary N) is 1. The van der Waals surface area contributed by atoms with E-state index in [0.717, 1.165) is 36.8 Å². The number of ether oxygens (including phenoxy) is 1. The van der Waals surface area contributed by atoms with Crippen LogP contribution in [0.2, 0.25) is 0 Å². The maximum absolute atomic E-state index is 14.5. The molecular formula is C29H41FN4O3. The molecule has 2 heterocycles. The summed E-state index contributed by atoms with van der Waals surface area (Å²) in [4.78, 5) is 15.2. The lowest BCUT2D eigenvalue weighted by atomic mass is 9.88. The van der Waals surface area contributed by atoms with Gasteiger partial charge in [0.25, 0.3) is 5.91 Å². The topological polar surface area (TPSA) is 100 Å². The molecule has 2 fully saturated rings. The molecule has 0 radical (unpaired) electrons. The molecule has 4 N–H and O–H groups in total. The van der Waals surface area contributed by atoms with Gasteiger partial charge in [-0.3, -0.25) is 4.79 Å². The number of carbonyl (C=O) groups is 1. The van der Waals surface area contributed by atoms with Crippen molar-refractivity contribution >= 4 is 23.0 Å². The molecular weight excluding hydrogens is 471 g/mol. The Labute approximate surface area is 219 Å². The van der Waals surface area contributed by atoms with E-state index in [1.54, 1.807) is 12.1 Å². The Balaban J connectivity index is 0.00000186. The van der Waals surface area contributed by atoms with Gasteiger partial charge in [0.15, 0.2) is 0 Å². The summed E-state index contributed by atoms with van der Waals surface area (Å²) in [5.74, 6) is -0.823. The van der Waals surface area contributed by atoms with Gasteiger partial charge in [0.2, 0.25) is 0 Å². The first-order chi connectivity index (χ1) is 17.6. The summed E-state index contributed by atoms with van der Waals surface area (Å²) >= 11 is 0. The summed E-state index contributed by atoms with van der Waals surface area (Å²) < 4.78 is 20.4. The number of aryl methyl sites for hydroxylation is 1. The minimum atomic E-state index is -0.440. The molecule has 0 aliphatic carbocycles. The summed E-state index contributed by atoms with van der Waals surface area (Å²) in [5.41, 5.74) is 8.59. The highest BCUT2D eigenvalue weighted by Crippen LogP contribution is 2.31. The third kappa shape index (κ3) is 7.76. The van der Waals surface area contributed by atoms with Gasteiger partial charge in [0, 0.05) is 35.6 Å². The van der Waals surface area contributed by atoms with Crippen molar-refractivity contribution in [3.8, 4) is 0 Å². The number of benzene rings is 2. The van der Waals surface area contributed by atoms with Crippen molar-refractivity contribution in [1.82, 2.24) is 0 Å². The molecule has 0 saturated carbocycles. The standard InChI is InChI=1S/C28H36FN3O3.CH5N/c1-18-7-8-21(15-25(18)26(31-34)6-5-11-28(2,3)4)30-27(33)19-12-20(29)14-22(13-19)32-16-23-9-10-24(17-32)35-23;1-2/h7-8,12-15,23-24,34H,5-6,9-11,16-17H2,1-4H3,(H,30,33);2H2,1H3/b31-26+;. The second kappa shape index (κ2) is 12.5. The first-order valence-corrected chi connectivity index (χ1v) is 13.0. The van der Waals surface area contributed by atoms with Crippen molar-refractivity contribution in [3.63, 3.8) is 0 Å². The van der Waals surface area contributed by atoms with Crippen LogP contribution >= 0.6 is 0 Å². The van der Waals surface area contributed by atoms with E-state index in [9.17, 15) is 14.4 Å². The van der Waals surface area contributed by atoms with E-state index in [1.807, 2.05) is 19.1 Å². The number of rotatable bonds is 7. The summed E-state index contributed by atoms with van der Waals surface area (Å²) in [7, 11) is 1.50. The lowest BCUT2D eigenvalue weighted by Crippen LogP contribution is -2.42. The number of nitrogens with one attached hydrogen (secondary N) is 1. The molecule has 2 atom stereocenters. The van der Waals surface area contributed by atoms with Crippen molar-refractivity contribution in [2.45, 2.75) is 72.0 Å². The molecule has 8 heteroatoms. The highest BCUT2D eigenvalue weighted by molar-refractivity contribution is 6.06. The van der Waals surface area contributed by atoms with Gasteiger partial charge in [-0.25, -0.2) is 4.39 Å². The van der Waals surface area contributed by atoms with Crippen LogP contribution in [0.15, 0.2) is 41.6 Å². The van der Waals surface area contributed by atoms with Gasteiger partial charge in [0.05, 0.1) is 17.9 Å². The monoisotopic (exact) mass is 512 g/mol. The Morgan fingerprint density at radius 3 is 2.46 bits per heavy atom. The zero-order valence-corrected chi connectivity index (χ0v) is 22.7. The van der Waals surface area contributed by atoms with Crippen LogP contribution in [0.3, 0.4) is 0 Å². The fraction of sp³-hybridized carbons (Fsp3) is 0.517. The Bertz CT molecular complexity index is 1100. The minimum absolute atomic E-state index is 0.172. The van der Waals surface area contributed by atoms with Crippen LogP contribution in [0, 0.1) is 18.2 Å². The smallest absolute Gasteiger partial charge is 0.255 e. The van der Waals surface area contributed by atoms with E-state index >= 15 is 0 Å². The fourth-order valence-corrected chi connectivity index (χ4v) is 4.95. The zero-order valence-electron chi connectivity index (χ0n) is 22.7. The molecule has 202 valence electrons. The highest BCUT2D eigenvalue weighted by atomic mass is 19.1. The molecule has 2 aliphatic heterocycles. The number of carbonyl (C=O) groups excluding carboxylic acids is 1. The number of morpholine rings is 1. The molecule has 0 aromatic heterocycles. The summed E-state index contributed by atoms with van der Waals surface area (Å²) in [5, 5.41) is 16.1. The number of hydrogen-bond donors (Lipinski definition) is 3. The number of hydrogen-bond acceptors (Lipinski definition) is 6. The summed E-state index contributed by atoms with van der Waals surface area (Å²) in [6.45, 7) is 9.92. The van der Waals surface area contributed by atoms with E-state index in [0.29, 0.717) is 36.6 Å². The van der Waals surface area contributed by atoms with Crippen molar-refractivity contribution < 1.29 is 19.1 Å². The predicted octanol–water partition coefficient (Wildman–Crippen LogP) is 5.72. The van der Waals surface area contributed by atoms with Gasteiger partial charge in [-0.05, 0) is 87.4 Å². The van der Waals surface area contributed by atoms with Gasteiger partial charge in [-0.2, -0.15) is 0 Å². The van der Waals surface area contributed by atoms with E-state index in [2.05, 4.69) is 41.9 Å². The lowest BCUT2D eigenvalue weighted by molar-refractivity contribution is 0.0305. The fourth-order valence-electron chi connectivity index (χ4n) is 4.95. The number of anilines is 2. The van der Waals surface area contributed by atoms with E-state index in [1.165, 1.54) is 19.2 Å². The number of fused-ring (bicyclic) bond motifs is 2. The molecule has 1 amide bonds. The molecule has 2 unspecified atom stereocenters. The van der Waals surface area contributed by atoms with Gasteiger partial charge >= 0.3 is 0 Å². The molecule has 2 aliphatic rings. The minimum Gasteiger partial charge on any atom is -0.411 e. The quantitative estimate of drug-likeness (QED) is 0.250. The van der Waals surface area contributed by atoms with Crippen molar-refractivity contribution in [1.29, 1.82) is 0 Å². The SMILES string of the molecule is CN.Cc1ccc(NC(=O)c2cc(F)cc(N3CC4CCC(C3)O4)c2)cc1/C(CCCC(C)(C)C)=N/O. The summed E-state index contributed by atoms with van der Waals surface area (Å²) in [6.07, 6.45) is 4.93. The maximum atomic E-state index is 14.5. The van der Waals surface area contributed by atoms with Gasteiger partial charge in [-0.1, -0.05) is 32.0 Å². The number of oxime groups is 1. The molecule has 2 aromatic rings. The number of amides is 1. The number of halogens is 1. The maximum Gasteiger partial charge on any atom is 0.255 e. The van der Waals surface area contributed by atoms with Crippen LogP contribution in [0.1, 0.15) is 74.4 Å². The average molecular weight is 513 g/mol. The third-order valence-electron chi connectivity index (χ3n) is 6.82. The number of nitrogens with zero attached hydrogens (tertiary/aromatic N) is 2. The predicted molar refractivity (Wildman–Crippen MR) is 147 cm³/mol. The third-order valence-corrected chi connectivity index (χ3v) is 6.82. The normalized spacial score (nSPS) is 19.3. The Morgan fingerprint density at radius 1 is 1.16 bits per heavy atom. The first-order valence-electron chi connectivity index (χ1n) is 13.0. The zero-order chi connectivity index (χ0) is 27.2. The molecule has 2 saturated heterocycles. The Hall–Kier alpha value is -2.97. The second-order valence-corrected chi connectivity index (χ2v) is 11.0. The lowest BCUT2D eigenvalue weighted by Gasteiger charge is -2.34. The molecule has 0 spiro atoms. The van der Waals surface area contributed by atoms with E-state index in [4.69, 9.17) is 4.74 Å². The first kappa shape index (κ1) is 28.6. The van der Waals surface area contributed by atoms with Crippen molar-refractivity contribution in [2.24, 2.45) is 16.3 Å². The summed E-state index contributed by atoms with van der Waals surface area (Å²) in [6, 6.07) is 10.00. The highest BCUT2D eigenvalue weighted by Gasteiger charge is 2.34. The molecule has 7 nitrogen and oxygen atoms in total. The van der Waals surface area contributed by atoms with Gasteiger partial charge in [-0.15, -0.1) is 0 Å². The molecule has 2 bridgehead atoms. The Kier molecular flexibility index (Phi) is 9.68. The van der Waals surface area contributed by atoms with E-state index < -0.39 is 5.82 Å². The van der Waals surface area contributed by atoms with Crippen LogP contribution in [-0.4, -0.2) is 49.2 Å². The van der Waals surface area contributed by atoms with Gasteiger partial charge < -0.3 is 25.9 Å². The molecule has 37 heavy (non-hydrogen) atoms. The van der Waals surface area contributed by atoms with Crippen LogP contribution in [-0.2, 0) is 4.74 Å². The Morgan fingerprint density at radius 2 is 1.84 bits per heavy atom. The molecule has 2 aromatic carbocycles. The largest absolute Gasteiger partial charge is 0.411 e. The van der Waals surface area contributed by atoms with Crippen LogP contribution in [0.5, 0.6) is 0 Å². The van der Waals surface area contributed by atoms with Crippen molar-refractivity contribution in [2.75, 3.05) is 30.4 Å². The van der Waals surface area contributed by atoms with E-state index in [-0.39, 0.29) is 29.1 Å². The van der Waals surface area contributed by atoms with Crippen LogP contribution in [0.4, 0.5) is 15.8 Å². The van der Waals surface area contributed by atoms with Gasteiger partial charge in [0.1, 0.15) is 5.82 Å². The van der Waals surface area contributed by atoms with Crippen molar-refractivity contribution in [3.05, 3.63) is 58.9 Å². The van der Waals surface area contributed by atoms with Crippen LogP contribution < -0.4 is 16.0 Å². The average Bonchev–Trinajstić information content (AvgIpc) is 3.20.